The lowest BCUT2D eigenvalue weighted by Crippen LogP contribution is -2.00. The molecule has 3 aromatic rings. The summed E-state index contributed by atoms with van der Waals surface area (Å²) < 4.78 is 0. The highest BCUT2D eigenvalue weighted by Gasteiger charge is 2.18. The Morgan fingerprint density at radius 1 is 1.29 bits per heavy atom. The molecular weight excluding hydrogens is 324 g/mol. The van der Waals surface area contributed by atoms with Crippen LogP contribution in [0.2, 0.25) is 0 Å². The number of rotatable bonds is 3. The largest absolute Gasteiger partial charge is 0.383 e. The molecule has 0 amide bonds. The van der Waals surface area contributed by atoms with E-state index in [9.17, 15) is 15.4 Å². The third-order valence-electron chi connectivity index (χ3n) is 3.68. The first-order valence-corrected chi connectivity index (χ1v) is 8.19. The van der Waals surface area contributed by atoms with Crippen LogP contribution in [0.3, 0.4) is 0 Å². The van der Waals surface area contributed by atoms with E-state index in [4.69, 9.17) is 5.73 Å². The molecule has 0 aliphatic carbocycles. The molecule has 2 aromatic carbocycles. The van der Waals surface area contributed by atoms with Crippen molar-refractivity contribution in [3.63, 3.8) is 0 Å². The topological polar surface area (TPSA) is 106 Å². The molecule has 24 heavy (non-hydrogen) atoms. The van der Waals surface area contributed by atoms with Crippen molar-refractivity contribution in [2.75, 3.05) is 12.0 Å². The quantitative estimate of drug-likeness (QED) is 0.440. The summed E-state index contributed by atoms with van der Waals surface area (Å²) in [5.74, 6) is 0.114. The van der Waals surface area contributed by atoms with Crippen LogP contribution in [0.25, 0.3) is 22.0 Å². The molecule has 0 bridgehead atoms. The maximum atomic E-state index is 11.1. The van der Waals surface area contributed by atoms with Gasteiger partial charge in [-0.3, -0.25) is 10.1 Å². The molecule has 0 unspecified atom stereocenters. The Bertz CT molecular complexity index is 1010. The summed E-state index contributed by atoms with van der Waals surface area (Å²) in [6.07, 6.45) is 1.95. The second-order valence-electron chi connectivity index (χ2n) is 5.05. The highest BCUT2D eigenvalue weighted by atomic mass is 32.2. The number of nitriles is 1. The van der Waals surface area contributed by atoms with E-state index in [-0.39, 0.29) is 17.1 Å². The van der Waals surface area contributed by atoms with E-state index >= 15 is 0 Å². The van der Waals surface area contributed by atoms with Crippen molar-refractivity contribution >= 4 is 34.2 Å². The molecule has 0 aliphatic rings. The average molecular weight is 336 g/mol. The van der Waals surface area contributed by atoms with Gasteiger partial charge >= 0.3 is 0 Å². The van der Waals surface area contributed by atoms with E-state index in [1.165, 1.54) is 12.1 Å². The van der Waals surface area contributed by atoms with Gasteiger partial charge in [-0.1, -0.05) is 12.1 Å². The number of thioether (sulfide) groups is 1. The van der Waals surface area contributed by atoms with E-state index in [1.54, 1.807) is 17.8 Å². The monoisotopic (exact) mass is 336 g/mol. The van der Waals surface area contributed by atoms with Crippen molar-refractivity contribution in [3.8, 4) is 17.2 Å². The number of pyridine rings is 1. The van der Waals surface area contributed by atoms with Gasteiger partial charge in [-0.25, -0.2) is 4.98 Å². The Morgan fingerprint density at radius 2 is 2.08 bits per heavy atom. The van der Waals surface area contributed by atoms with Crippen LogP contribution in [-0.4, -0.2) is 16.2 Å². The molecule has 0 spiro atoms. The Labute approximate surface area is 142 Å². The number of nitrogen functional groups attached to an aromatic ring is 1. The number of non-ortho nitro benzene ring substituents is 1. The number of nitrogens with two attached hydrogens (primary N) is 1. The fourth-order valence-corrected chi connectivity index (χ4v) is 3.03. The molecule has 2 N–H and O–H groups in total. The van der Waals surface area contributed by atoms with Gasteiger partial charge < -0.3 is 5.73 Å². The summed E-state index contributed by atoms with van der Waals surface area (Å²) >= 11 is 1.57. The Kier molecular flexibility index (Phi) is 4.06. The van der Waals surface area contributed by atoms with Crippen LogP contribution in [0.4, 0.5) is 11.5 Å². The first kappa shape index (κ1) is 15.8. The second-order valence-corrected chi connectivity index (χ2v) is 5.93. The van der Waals surface area contributed by atoms with Crippen molar-refractivity contribution in [1.82, 2.24) is 4.98 Å². The predicted molar refractivity (Wildman–Crippen MR) is 94.7 cm³/mol. The molecule has 0 fully saturated rings. The van der Waals surface area contributed by atoms with Crippen molar-refractivity contribution in [2.24, 2.45) is 0 Å². The normalized spacial score (nSPS) is 10.5. The van der Waals surface area contributed by atoms with E-state index in [0.29, 0.717) is 16.5 Å². The van der Waals surface area contributed by atoms with Crippen molar-refractivity contribution in [2.45, 2.75) is 4.90 Å². The van der Waals surface area contributed by atoms with Gasteiger partial charge in [0, 0.05) is 28.0 Å². The van der Waals surface area contributed by atoms with Crippen LogP contribution in [-0.2, 0) is 0 Å². The van der Waals surface area contributed by atoms with Gasteiger partial charge in [-0.05, 0) is 30.0 Å². The summed E-state index contributed by atoms with van der Waals surface area (Å²) in [4.78, 5) is 15.9. The number of fused-ring (bicyclic) bond motifs is 1. The second kappa shape index (κ2) is 6.18. The Morgan fingerprint density at radius 3 is 2.75 bits per heavy atom. The molecule has 0 saturated heterocycles. The Hall–Kier alpha value is -3.11. The molecule has 6 nitrogen and oxygen atoms in total. The molecule has 1 heterocycles. The molecular formula is C17H12N4O2S. The van der Waals surface area contributed by atoms with E-state index in [2.05, 4.69) is 11.1 Å². The van der Waals surface area contributed by atoms with Gasteiger partial charge in [0.05, 0.1) is 10.4 Å². The van der Waals surface area contributed by atoms with Gasteiger partial charge in [0.2, 0.25) is 0 Å². The van der Waals surface area contributed by atoms with Crippen LogP contribution in [0.1, 0.15) is 5.56 Å². The highest BCUT2D eigenvalue weighted by molar-refractivity contribution is 7.98. The molecule has 118 valence electrons. The fraction of sp³-hybridized carbons (Fsp3) is 0.0588. The minimum atomic E-state index is -0.468. The fourth-order valence-electron chi connectivity index (χ4n) is 2.58. The average Bonchev–Trinajstić information content (AvgIpc) is 2.60. The summed E-state index contributed by atoms with van der Waals surface area (Å²) in [6, 6.07) is 14.1. The lowest BCUT2D eigenvalue weighted by atomic mass is 9.96. The van der Waals surface area contributed by atoms with Crippen molar-refractivity contribution < 1.29 is 4.92 Å². The smallest absolute Gasteiger partial charge is 0.270 e. The third kappa shape index (κ3) is 2.64. The third-order valence-corrected chi connectivity index (χ3v) is 4.40. The van der Waals surface area contributed by atoms with Gasteiger partial charge in [0.1, 0.15) is 17.5 Å². The van der Waals surface area contributed by atoms with E-state index in [0.717, 1.165) is 10.5 Å². The number of benzene rings is 2. The van der Waals surface area contributed by atoms with Crippen LogP contribution in [0.15, 0.2) is 47.4 Å². The SMILES string of the molecule is CSc1cccc(-c2c(C#N)c(N)nc3ccc([N+](=O)[O-])cc23)c1. The van der Waals surface area contributed by atoms with E-state index in [1.807, 2.05) is 30.5 Å². The maximum Gasteiger partial charge on any atom is 0.270 e. The summed E-state index contributed by atoms with van der Waals surface area (Å²) in [5, 5.41) is 21.2. The highest BCUT2D eigenvalue weighted by Crippen LogP contribution is 2.36. The van der Waals surface area contributed by atoms with E-state index < -0.39 is 4.92 Å². The number of hydrogen-bond acceptors (Lipinski definition) is 6. The number of nitro benzene ring substituents is 1. The van der Waals surface area contributed by atoms with Gasteiger partial charge in [-0.15, -0.1) is 11.8 Å². The predicted octanol–water partition coefficient (Wildman–Crippen LogP) is 3.99. The van der Waals surface area contributed by atoms with Crippen molar-refractivity contribution in [1.29, 1.82) is 5.26 Å². The standard InChI is InChI=1S/C17H12N4O2S/c1-24-12-4-2-3-10(7-12)16-13-8-11(21(22)23)5-6-15(13)20-17(19)14(16)9-18/h2-8H,1H3,(H2,19,20). The first-order valence-electron chi connectivity index (χ1n) is 6.97. The molecule has 0 saturated carbocycles. The zero-order valence-electron chi connectivity index (χ0n) is 12.7. The lowest BCUT2D eigenvalue weighted by Gasteiger charge is -2.12. The van der Waals surface area contributed by atoms with Gasteiger partial charge in [0.25, 0.3) is 5.69 Å². The minimum absolute atomic E-state index is 0.0553. The summed E-state index contributed by atoms with van der Waals surface area (Å²) in [6.45, 7) is 0. The Balaban J connectivity index is 2.43. The van der Waals surface area contributed by atoms with Gasteiger partial charge in [-0.2, -0.15) is 5.26 Å². The lowest BCUT2D eigenvalue weighted by molar-refractivity contribution is -0.384. The minimum Gasteiger partial charge on any atom is -0.383 e. The zero-order valence-corrected chi connectivity index (χ0v) is 13.5. The number of hydrogen-bond donors (Lipinski definition) is 1. The molecule has 0 aliphatic heterocycles. The van der Waals surface area contributed by atoms with Crippen LogP contribution in [0.5, 0.6) is 0 Å². The number of anilines is 1. The van der Waals surface area contributed by atoms with Crippen molar-refractivity contribution in [3.05, 3.63) is 58.1 Å². The zero-order chi connectivity index (χ0) is 17.3. The molecule has 0 radical (unpaired) electrons. The van der Waals surface area contributed by atoms with Crippen LogP contribution >= 0.6 is 11.8 Å². The number of nitro groups is 1. The molecule has 3 rings (SSSR count). The molecule has 1 aromatic heterocycles. The van der Waals surface area contributed by atoms with Crippen LogP contribution < -0.4 is 5.73 Å². The molecule has 0 atom stereocenters. The maximum absolute atomic E-state index is 11.1. The summed E-state index contributed by atoms with van der Waals surface area (Å²) in [7, 11) is 0. The first-order chi connectivity index (χ1) is 11.5. The number of nitrogens with zero attached hydrogens (tertiary/aromatic N) is 3. The summed E-state index contributed by atoms with van der Waals surface area (Å²) in [5.41, 5.74) is 7.96. The van der Waals surface area contributed by atoms with Crippen LogP contribution in [0, 0.1) is 21.4 Å². The number of aromatic nitrogens is 1. The van der Waals surface area contributed by atoms with Gasteiger partial charge in [0.15, 0.2) is 0 Å². The molecule has 7 heteroatoms.